The van der Waals surface area contributed by atoms with E-state index >= 15 is 0 Å². The van der Waals surface area contributed by atoms with Crippen molar-refractivity contribution < 1.29 is 9.90 Å². The maximum absolute atomic E-state index is 10.3. The third-order valence-electron chi connectivity index (χ3n) is 0.999. The molecule has 11 heavy (non-hydrogen) atoms. The van der Waals surface area contributed by atoms with Gasteiger partial charge in [0, 0.05) is 12.4 Å². The third-order valence-corrected chi connectivity index (χ3v) is 0.999. The van der Waals surface area contributed by atoms with Gasteiger partial charge in [-0.25, -0.2) is 9.79 Å². The molecule has 0 atom stereocenters. The fourth-order valence-electron chi connectivity index (χ4n) is 0.530. The molecule has 0 saturated heterocycles. The van der Waals surface area contributed by atoms with Gasteiger partial charge in [0.2, 0.25) is 0 Å². The van der Waals surface area contributed by atoms with Gasteiger partial charge in [0.25, 0.3) is 0 Å². The number of carboxylic acids is 1. The molecule has 0 aromatic carbocycles. The summed E-state index contributed by atoms with van der Waals surface area (Å²) in [6.45, 7) is 0. The first-order chi connectivity index (χ1) is 5.30. The highest BCUT2D eigenvalue weighted by Crippen LogP contribution is 1.87. The number of hydrogen-bond donors (Lipinski definition) is 1. The van der Waals surface area contributed by atoms with Crippen LogP contribution in [-0.4, -0.2) is 23.0 Å². The van der Waals surface area contributed by atoms with Crippen molar-refractivity contribution in [2.45, 2.75) is 0 Å². The first-order valence-corrected chi connectivity index (χ1v) is 2.96. The summed E-state index contributed by atoms with van der Waals surface area (Å²) in [5, 5.41) is 8.48. The summed E-state index contributed by atoms with van der Waals surface area (Å²) in [7, 11) is 0. The SMILES string of the molecule is O=C(O)C1=N/C=C\C=C/N=C\1. The predicted octanol–water partition coefficient (Wildman–Crippen LogP) is 0.624. The molecule has 1 N–H and O–H groups in total. The van der Waals surface area contributed by atoms with Crippen molar-refractivity contribution in [1.82, 2.24) is 0 Å². The van der Waals surface area contributed by atoms with E-state index in [1.54, 1.807) is 12.2 Å². The van der Waals surface area contributed by atoms with Crippen molar-refractivity contribution in [3.05, 3.63) is 24.6 Å². The summed E-state index contributed by atoms with van der Waals surface area (Å²) < 4.78 is 0. The number of rotatable bonds is 1. The van der Waals surface area contributed by atoms with Gasteiger partial charge < -0.3 is 5.11 Å². The molecule has 4 heteroatoms. The van der Waals surface area contributed by atoms with Crippen LogP contribution in [-0.2, 0) is 4.79 Å². The molecule has 0 saturated carbocycles. The van der Waals surface area contributed by atoms with Crippen LogP contribution in [0.5, 0.6) is 0 Å². The number of carboxylic acid groups (broad SMARTS) is 1. The van der Waals surface area contributed by atoms with E-state index in [0.29, 0.717) is 0 Å². The minimum Gasteiger partial charge on any atom is -0.476 e. The second-order valence-corrected chi connectivity index (χ2v) is 1.78. The summed E-state index contributed by atoms with van der Waals surface area (Å²) in [5.41, 5.74) is -0.0643. The Morgan fingerprint density at radius 2 is 2.09 bits per heavy atom. The quantitative estimate of drug-likeness (QED) is 0.595. The first-order valence-electron chi connectivity index (χ1n) is 2.96. The monoisotopic (exact) mass is 150 g/mol. The van der Waals surface area contributed by atoms with E-state index in [1.807, 2.05) is 0 Å². The molecule has 0 fully saturated rings. The Kier molecular flexibility index (Phi) is 2.32. The molecule has 4 nitrogen and oxygen atoms in total. The fraction of sp³-hybridized carbons (Fsp3) is 0. The molecule has 56 valence electrons. The van der Waals surface area contributed by atoms with Crippen molar-refractivity contribution in [1.29, 1.82) is 0 Å². The van der Waals surface area contributed by atoms with E-state index in [2.05, 4.69) is 9.98 Å². The van der Waals surface area contributed by atoms with E-state index in [1.165, 1.54) is 18.6 Å². The van der Waals surface area contributed by atoms with Gasteiger partial charge in [-0.2, -0.15) is 0 Å². The molecule has 0 bridgehead atoms. The Labute approximate surface area is 63.3 Å². The van der Waals surface area contributed by atoms with Gasteiger partial charge >= 0.3 is 5.97 Å². The van der Waals surface area contributed by atoms with Gasteiger partial charge in [0.15, 0.2) is 5.71 Å². The topological polar surface area (TPSA) is 62.0 Å². The van der Waals surface area contributed by atoms with Crippen LogP contribution >= 0.6 is 0 Å². The molecular weight excluding hydrogens is 144 g/mol. The summed E-state index contributed by atoms with van der Waals surface area (Å²) in [6.07, 6.45) is 7.37. The van der Waals surface area contributed by atoms with Crippen LogP contribution in [0.15, 0.2) is 34.5 Å². The minimum absolute atomic E-state index is 0.0643. The summed E-state index contributed by atoms with van der Waals surface area (Å²) in [5.74, 6) is -1.08. The molecular formula is C7H6N2O2. The average Bonchev–Trinajstić information content (AvgIpc) is 1.84. The standard InChI is InChI=1S/C7H6N2O2/c10-7(11)6-5-8-3-1-2-4-9-6/h1-5H,(H,10,11)/b2-1?,3-1-,4-2-,6-5?,8-3?,8-5-,9-4?,9-6+. The highest BCUT2D eigenvalue weighted by molar-refractivity contribution is 6.59. The lowest BCUT2D eigenvalue weighted by Crippen LogP contribution is -2.13. The molecule has 0 amide bonds. The normalized spacial score (nSPS) is 28.9. The molecule has 0 aromatic heterocycles. The van der Waals surface area contributed by atoms with Crippen LogP contribution in [0.2, 0.25) is 0 Å². The van der Waals surface area contributed by atoms with E-state index in [0.717, 1.165) is 0 Å². The third kappa shape index (κ3) is 2.17. The Balaban J connectivity index is 2.87. The van der Waals surface area contributed by atoms with Gasteiger partial charge in [-0.1, -0.05) is 0 Å². The summed E-state index contributed by atoms with van der Waals surface area (Å²) in [6, 6.07) is 0. The summed E-state index contributed by atoms with van der Waals surface area (Å²) in [4.78, 5) is 17.6. The molecule has 0 aromatic rings. The smallest absolute Gasteiger partial charge is 0.356 e. The Morgan fingerprint density at radius 1 is 1.36 bits per heavy atom. The number of nitrogens with zero attached hydrogens (tertiary/aromatic N) is 2. The second kappa shape index (κ2) is 3.46. The Morgan fingerprint density at radius 3 is 2.82 bits per heavy atom. The number of aliphatic imine (C=N–C) groups is 2. The predicted molar refractivity (Wildman–Crippen MR) is 41.8 cm³/mol. The van der Waals surface area contributed by atoms with E-state index in [4.69, 9.17) is 5.11 Å². The average molecular weight is 150 g/mol. The highest BCUT2D eigenvalue weighted by Gasteiger charge is 2.03. The Bertz CT molecular complexity index is 274. The van der Waals surface area contributed by atoms with Crippen LogP contribution in [0.1, 0.15) is 0 Å². The molecule has 1 aliphatic heterocycles. The largest absolute Gasteiger partial charge is 0.476 e. The van der Waals surface area contributed by atoms with Crippen molar-refractivity contribution >= 4 is 17.9 Å². The van der Waals surface area contributed by atoms with E-state index in [-0.39, 0.29) is 5.71 Å². The van der Waals surface area contributed by atoms with Crippen LogP contribution in [0, 0.1) is 0 Å². The molecule has 1 heterocycles. The zero-order chi connectivity index (χ0) is 8.10. The van der Waals surface area contributed by atoms with Gasteiger partial charge in [0.1, 0.15) is 0 Å². The first kappa shape index (κ1) is 7.40. The fourth-order valence-corrected chi connectivity index (χ4v) is 0.530. The molecule has 0 radical (unpaired) electrons. The lowest BCUT2D eigenvalue weighted by Gasteiger charge is -1.90. The molecule has 1 aliphatic rings. The number of aliphatic carboxylic acids is 1. The van der Waals surface area contributed by atoms with Crippen LogP contribution < -0.4 is 0 Å². The maximum atomic E-state index is 10.3. The van der Waals surface area contributed by atoms with Crippen molar-refractivity contribution in [2.75, 3.05) is 0 Å². The zero-order valence-corrected chi connectivity index (χ0v) is 5.64. The van der Waals surface area contributed by atoms with Crippen LogP contribution in [0.4, 0.5) is 0 Å². The van der Waals surface area contributed by atoms with Crippen molar-refractivity contribution in [3.63, 3.8) is 0 Å². The van der Waals surface area contributed by atoms with Crippen LogP contribution in [0.25, 0.3) is 0 Å². The van der Waals surface area contributed by atoms with E-state index < -0.39 is 5.97 Å². The Hall–Kier alpha value is -1.71. The minimum atomic E-state index is -1.08. The molecule has 0 unspecified atom stereocenters. The van der Waals surface area contributed by atoms with Crippen LogP contribution in [0.3, 0.4) is 0 Å². The number of allylic oxidation sites excluding steroid dienone is 2. The maximum Gasteiger partial charge on any atom is 0.356 e. The zero-order valence-electron chi connectivity index (χ0n) is 5.64. The second-order valence-electron chi connectivity index (χ2n) is 1.78. The van der Waals surface area contributed by atoms with Gasteiger partial charge in [-0.05, 0) is 12.2 Å². The van der Waals surface area contributed by atoms with Crippen molar-refractivity contribution in [3.8, 4) is 0 Å². The molecule has 1 rings (SSSR count). The van der Waals surface area contributed by atoms with Gasteiger partial charge in [-0.3, -0.25) is 4.99 Å². The van der Waals surface area contributed by atoms with Crippen molar-refractivity contribution in [2.24, 2.45) is 9.98 Å². The lowest BCUT2D eigenvalue weighted by molar-refractivity contribution is -0.129. The van der Waals surface area contributed by atoms with Gasteiger partial charge in [-0.15, -0.1) is 0 Å². The van der Waals surface area contributed by atoms with E-state index in [9.17, 15) is 4.79 Å². The summed E-state index contributed by atoms with van der Waals surface area (Å²) >= 11 is 0. The number of carbonyl (C=O) groups is 1. The van der Waals surface area contributed by atoms with Gasteiger partial charge in [0.05, 0.1) is 6.21 Å². The lowest BCUT2D eigenvalue weighted by atomic mass is 10.4. The molecule has 0 spiro atoms. The molecule has 0 aliphatic carbocycles. The highest BCUT2D eigenvalue weighted by atomic mass is 16.4. The number of hydrogen-bond acceptors (Lipinski definition) is 3.